The molecule has 0 saturated carbocycles. The minimum atomic E-state index is -1.59. The van der Waals surface area contributed by atoms with Crippen molar-refractivity contribution >= 4 is 35.0 Å². The summed E-state index contributed by atoms with van der Waals surface area (Å²) in [5.41, 5.74) is 0.666. The monoisotopic (exact) mass is 316 g/mol. The summed E-state index contributed by atoms with van der Waals surface area (Å²) in [5.74, 6) is -0.652. The van der Waals surface area contributed by atoms with Gasteiger partial charge in [-0.15, -0.1) is 11.6 Å². The normalized spacial score (nSPS) is 21.5. The molecule has 0 aliphatic carbocycles. The Morgan fingerprint density at radius 3 is 2.63 bits per heavy atom. The van der Waals surface area contributed by atoms with Gasteiger partial charge in [-0.25, -0.2) is 8.78 Å². The van der Waals surface area contributed by atoms with Crippen molar-refractivity contribution in [1.82, 2.24) is 0 Å². The van der Waals surface area contributed by atoms with Crippen LogP contribution in [-0.4, -0.2) is 0 Å². The minimum absolute atomic E-state index is 0.00870. The van der Waals surface area contributed by atoms with E-state index in [2.05, 4.69) is 0 Å². The van der Waals surface area contributed by atoms with Gasteiger partial charge in [0.15, 0.2) is 0 Å². The molecule has 2 aromatic carbocycles. The molecule has 0 radical (unpaired) electrons. The molecule has 2 atom stereocenters. The number of alkyl halides is 2. The molecular formula is C14H8Cl2F2S. The number of benzene rings is 2. The van der Waals surface area contributed by atoms with Crippen LogP contribution in [0, 0.1) is 5.82 Å². The molecule has 0 saturated heterocycles. The number of hydrogen-bond donors (Lipinski definition) is 0. The van der Waals surface area contributed by atoms with Gasteiger partial charge in [0.1, 0.15) is 12.0 Å². The highest BCUT2D eigenvalue weighted by molar-refractivity contribution is 7.99. The molecule has 0 spiro atoms. The fourth-order valence-electron chi connectivity index (χ4n) is 2.14. The Bertz CT molecular complexity index is 645. The van der Waals surface area contributed by atoms with Crippen molar-refractivity contribution in [3.05, 3.63) is 58.4 Å². The van der Waals surface area contributed by atoms with Gasteiger partial charge in [-0.3, -0.25) is 0 Å². The van der Waals surface area contributed by atoms with E-state index in [4.69, 9.17) is 23.2 Å². The highest BCUT2D eigenvalue weighted by Crippen LogP contribution is 2.50. The lowest BCUT2D eigenvalue weighted by Crippen LogP contribution is -2.03. The molecule has 0 aromatic heterocycles. The molecule has 0 N–H and O–H groups in total. The third kappa shape index (κ3) is 2.24. The summed E-state index contributed by atoms with van der Waals surface area (Å²) in [6.07, 6.45) is -1.59. The zero-order valence-corrected chi connectivity index (χ0v) is 11.9. The standard InChI is InChI=1S/C14H8Cl2F2S/c15-7-5-9(17)12-11(6-7)19-10-4-2-1-3-8(10)13(16)14(12)18/h1-6,13-14H. The molecular weight excluding hydrogens is 309 g/mol. The maximum Gasteiger partial charge on any atom is 0.149 e. The molecule has 19 heavy (non-hydrogen) atoms. The second kappa shape index (κ2) is 4.97. The van der Waals surface area contributed by atoms with Gasteiger partial charge in [0.05, 0.1) is 5.38 Å². The predicted molar refractivity (Wildman–Crippen MR) is 74.4 cm³/mol. The second-order valence-corrected chi connectivity index (χ2v) is 6.23. The first-order chi connectivity index (χ1) is 9.08. The van der Waals surface area contributed by atoms with Crippen LogP contribution in [0.2, 0.25) is 5.02 Å². The SMILES string of the molecule is Fc1cc(Cl)cc2c1C(F)C(Cl)c1ccccc1S2. The maximum absolute atomic E-state index is 14.5. The lowest BCUT2D eigenvalue weighted by molar-refractivity contribution is 0.317. The van der Waals surface area contributed by atoms with Crippen molar-refractivity contribution in [2.24, 2.45) is 0 Å². The van der Waals surface area contributed by atoms with Crippen molar-refractivity contribution in [2.45, 2.75) is 21.3 Å². The highest BCUT2D eigenvalue weighted by Gasteiger charge is 2.33. The summed E-state index contributed by atoms with van der Waals surface area (Å²) in [5, 5.41) is -0.651. The van der Waals surface area contributed by atoms with Gasteiger partial charge in [-0.05, 0) is 23.8 Å². The Morgan fingerprint density at radius 2 is 1.84 bits per heavy atom. The van der Waals surface area contributed by atoms with E-state index >= 15 is 0 Å². The average Bonchev–Trinajstić information content (AvgIpc) is 2.46. The Kier molecular flexibility index (Phi) is 3.46. The number of fused-ring (bicyclic) bond motifs is 2. The van der Waals surface area contributed by atoms with Gasteiger partial charge in [0.25, 0.3) is 0 Å². The van der Waals surface area contributed by atoms with E-state index < -0.39 is 17.4 Å². The smallest absolute Gasteiger partial charge is 0.149 e. The number of halogens is 4. The Labute approximate surface area is 123 Å². The average molecular weight is 317 g/mol. The Hall–Kier alpha value is -0.770. The van der Waals surface area contributed by atoms with Gasteiger partial charge < -0.3 is 0 Å². The molecule has 1 heterocycles. The lowest BCUT2D eigenvalue weighted by atomic mass is 10.0. The zero-order valence-electron chi connectivity index (χ0n) is 9.54. The summed E-state index contributed by atoms with van der Waals surface area (Å²) in [6, 6.07) is 9.93. The van der Waals surface area contributed by atoms with Crippen molar-refractivity contribution in [3.63, 3.8) is 0 Å². The van der Waals surface area contributed by atoms with Crippen LogP contribution in [0.1, 0.15) is 22.7 Å². The summed E-state index contributed by atoms with van der Waals surface area (Å²) >= 11 is 13.3. The topological polar surface area (TPSA) is 0 Å². The van der Waals surface area contributed by atoms with E-state index in [0.29, 0.717) is 10.5 Å². The summed E-state index contributed by atoms with van der Waals surface area (Å²) < 4.78 is 28.4. The first kappa shape index (κ1) is 13.2. The first-order valence-corrected chi connectivity index (χ1v) is 7.25. The van der Waals surface area contributed by atoms with Crippen LogP contribution in [0.3, 0.4) is 0 Å². The van der Waals surface area contributed by atoms with Crippen LogP contribution in [0.5, 0.6) is 0 Å². The fourth-order valence-corrected chi connectivity index (χ4v) is 3.99. The molecule has 0 amide bonds. The molecule has 2 unspecified atom stereocenters. The van der Waals surface area contributed by atoms with E-state index in [1.165, 1.54) is 11.8 Å². The van der Waals surface area contributed by atoms with Crippen molar-refractivity contribution in [1.29, 1.82) is 0 Å². The molecule has 0 nitrogen and oxygen atoms in total. The van der Waals surface area contributed by atoms with Gasteiger partial charge in [-0.2, -0.15) is 0 Å². The summed E-state index contributed by atoms with van der Waals surface area (Å²) in [6.45, 7) is 0. The van der Waals surface area contributed by atoms with Crippen LogP contribution in [-0.2, 0) is 0 Å². The van der Waals surface area contributed by atoms with Crippen LogP contribution in [0.15, 0.2) is 46.2 Å². The van der Waals surface area contributed by atoms with E-state index in [9.17, 15) is 8.78 Å². The van der Waals surface area contributed by atoms with Crippen LogP contribution >= 0.6 is 35.0 Å². The Morgan fingerprint density at radius 1 is 1.11 bits per heavy atom. The van der Waals surface area contributed by atoms with Crippen molar-refractivity contribution < 1.29 is 8.78 Å². The molecule has 3 rings (SSSR count). The molecule has 98 valence electrons. The third-order valence-electron chi connectivity index (χ3n) is 3.03. The lowest BCUT2D eigenvalue weighted by Gasteiger charge is -2.15. The van der Waals surface area contributed by atoms with Gasteiger partial charge in [0.2, 0.25) is 0 Å². The second-order valence-electron chi connectivity index (χ2n) is 4.24. The summed E-state index contributed by atoms with van der Waals surface area (Å²) in [4.78, 5) is 1.30. The van der Waals surface area contributed by atoms with Gasteiger partial charge >= 0.3 is 0 Å². The minimum Gasteiger partial charge on any atom is -0.240 e. The van der Waals surface area contributed by atoms with Gasteiger partial charge in [-0.1, -0.05) is 41.6 Å². The van der Waals surface area contributed by atoms with Crippen LogP contribution in [0.25, 0.3) is 0 Å². The zero-order chi connectivity index (χ0) is 13.6. The predicted octanol–water partition coefficient (Wildman–Crippen LogP) is 5.93. The molecule has 1 aliphatic rings. The molecule has 1 aliphatic heterocycles. The number of rotatable bonds is 0. The van der Waals surface area contributed by atoms with Gasteiger partial charge in [0, 0.05) is 20.4 Å². The molecule has 0 bridgehead atoms. The number of hydrogen-bond acceptors (Lipinski definition) is 1. The largest absolute Gasteiger partial charge is 0.240 e. The highest BCUT2D eigenvalue weighted by atomic mass is 35.5. The molecule has 5 heteroatoms. The van der Waals surface area contributed by atoms with E-state index in [1.54, 1.807) is 18.2 Å². The molecule has 0 fully saturated rings. The third-order valence-corrected chi connectivity index (χ3v) is 4.85. The Balaban J connectivity index is 2.25. The van der Waals surface area contributed by atoms with Crippen LogP contribution < -0.4 is 0 Å². The van der Waals surface area contributed by atoms with Crippen molar-refractivity contribution in [2.75, 3.05) is 0 Å². The first-order valence-electron chi connectivity index (χ1n) is 5.62. The van der Waals surface area contributed by atoms with Crippen molar-refractivity contribution in [3.8, 4) is 0 Å². The summed E-state index contributed by atoms with van der Waals surface area (Å²) in [7, 11) is 0. The molecule has 2 aromatic rings. The van der Waals surface area contributed by atoms with E-state index in [-0.39, 0.29) is 10.6 Å². The van der Waals surface area contributed by atoms with E-state index in [1.807, 2.05) is 12.1 Å². The van der Waals surface area contributed by atoms with Crippen LogP contribution in [0.4, 0.5) is 8.78 Å². The van der Waals surface area contributed by atoms with E-state index in [0.717, 1.165) is 11.0 Å². The maximum atomic E-state index is 14.5. The fraction of sp³-hybridized carbons (Fsp3) is 0.143. The quantitative estimate of drug-likeness (QED) is 0.542.